The fourth-order valence-corrected chi connectivity index (χ4v) is 7.28. The van der Waals surface area contributed by atoms with E-state index in [0.717, 1.165) is 5.56 Å². The number of fused-ring (bicyclic) bond motifs is 3. The molecule has 1 aliphatic rings. The van der Waals surface area contributed by atoms with Gasteiger partial charge in [0.1, 0.15) is 12.4 Å². The SMILES string of the molecule is O=S(=O)(Nc1cc(OCc2ccccc2)c2oc3c(c2c1)CN(S(=O)(=O)c1ccccc1)CC3)c1ccccc1. The minimum atomic E-state index is -3.88. The number of rotatable bonds is 8. The van der Waals surface area contributed by atoms with Crippen molar-refractivity contribution in [2.45, 2.75) is 29.4 Å². The Morgan fingerprint density at radius 3 is 2.10 bits per heavy atom. The van der Waals surface area contributed by atoms with Crippen molar-refractivity contribution in [1.82, 2.24) is 4.31 Å². The van der Waals surface area contributed by atoms with Gasteiger partial charge >= 0.3 is 0 Å². The van der Waals surface area contributed by atoms with Gasteiger partial charge in [0.2, 0.25) is 10.0 Å². The summed E-state index contributed by atoms with van der Waals surface area (Å²) in [5, 5.41) is 0.597. The van der Waals surface area contributed by atoms with E-state index in [1.165, 1.54) is 16.4 Å². The molecular weight excluding hydrogens is 548 g/mol. The summed E-state index contributed by atoms with van der Waals surface area (Å²) in [6, 6.07) is 29.2. The topological polar surface area (TPSA) is 106 Å². The molecule has 0 atom stereocenters. The summed E-state index contributed by atoms with van der Waals surface area (Å²) in [5.74, 6) is 1.01. The molecule has 2 heterocycles. The Labute approximate surface area is 232 Å². The molecule has 0 fully saturated rings. The van der Waals surface area contributed by atoms with Gasteiger partial charge in [0.05, 0.1) is 15.5 Å². The van der Waals surface area contributed by atoms with Crippen molar-refractivity contribution in [3.63, 3.8) is 0 Å². The lowest BCUT2D eigenvalue weighted by Crippen LogP contribution is -2.35. The van der Waals surface area contributed by atoms with Gasteiger partial charge in [0.25, 0.3) is 10.0 Å². The second kappa shape index (κ2) is 10.5. The third kappa shape index (κ3) is 5.08. The monoisotopic (exact) mass is 574 g/mol. The molecule has 0 saturated carbocycles. The number of ether oxygens (including phenoxy) is 1. The van der Waals surface area contributed by atoms with Crippen molar-refractivity contribution in [1.29, 1.82) is 0 Å². The third-order valence-electron chi connectivity index (χ3n) is 6.79. The first kappa shape index (κ1) is 26.1. The molecular formula is C30H26N2O6S2. The van der Waals surface area contributed by atoms with Gasteiger partial charge in [0.15, 0.2) is 11.3 Å². The predicted molar refractivity (Wildman–Crippen MR) is 152 cm³/mol. The van der Waals surface area contributed by atoms with Crippen LogP contribution in [0.25, 0.3) is 11.0 Å². The van der Waals surface area contributed by atoms with Crippen LogP contribution in [0, 0.1) is 0 Å². The first-order valence-corrected chi connectivity index (χ1v) is 15.6. The van der Waals surface area contributed by atoms with Gasteiger partial charge in [-0.1, -0.05) is 66.7 Å². The normalized spacial score (nSPS) is 14.1. The molecule has 1 aromatic heterocycles. The van der Waals surface area contributed by atoms with Crippen molar-refractivity contribution < 1.29 is 26.0 Å². The zero-order valence-electron chi connectivity index (χ0n) is 21.4. The Morgan fingerprint density at radius 1 is 0.800 bits per heavy atom. The molecule has 5 aromatic rings. The van der Waals surface area contributed by atoms with Crippen LogP contribution in [0.1, 0.15) is 16.9 Å². The molecule has 0 aliphatic carbocycles. The predicted octanol–water partition coefficient (Wildman–Crippen LogP) is 5.56. The number of hydrogen-bond acceptors (Lipinski definition) is 6. The van der Waals surface area contributed by atoms with Gasteiger partial charge in [-0.05, 0) is 35.9 Å². The van der Waals surface area contributed by atoms with E-state index in [4.69, 9.17) is 9.15 Å². The molecule has 4 aromatic carbocycles. The molecule has 10 heteroatoms. The van der Waals surface area contributed by atoms with E-state index in [2.05, 4.69) is 4.72 Å². The summed E-state index contributed by atoms with van der Waals surface area (Å²) in [6.45, 7) is 0.592. The van der Waals surface area contributed by atoms with Crippen molar-refractivity contribution in [3.8, 4) is 5.75 Å². The van der Waals surface area contributed by atoms with Gasteiger partial charge in [-0.15, -0.1) is 0 Å². The lowest BCUT2D eigenvalue weighted by molar-refractivity contribution is 0.303. The molecule has 1 aliphatic heterocycles. The summed E-state index contributed by atoms with van der Waals surface area (Å²) in [5.41, 5.74) is 2.35. The van der Waals surface area contributed by atoms with Crippen LogP contribution < -0.4 is 9.46 Å². The molecule has 0 unspecified atom stereocenters. The molecule has 0 amide bonds. The number of hydrogen-bond donors (Lipinski definition) is 1. The van der Waals surface area contributed by atoms with E-state index < -0.39 is 20.0 Å². The maximum Gasteiger partial charge on any atom is 0.261 e. The zero-order chi connectivity index (χ0) is 27.7. The van der Waals surface area contributed by atoms with Crippen molar-refractivity contribution >= 4 is 36.7 Å². The lowest BCUT2D eigenvalue weighted by atomic mass is 10.1. The molecule has 0 saturated heterocycles. The van der Waals surface area contributed by atoms with E-state index in [0.29, 0.717) is 34.5 Å². The van der Waals surface area contributed by atoms with Crippen molar-refractivity contribution in [2.75, 3.05) is 11.3 Å². The van der Waals surface area contributed by atoms with Crippen molar-refractivity contribution in [2.24, 2.45) is 0 Å². The second-order valence-electron chi connectivity index (χ2n) is 9.45. The Morgan fingerprint density at radius 2 is 1.43 bits per heavy atom. The molecule has 0 bridgehead atoms. The summed E-state index contributed by atoms with van der Waals surface area (Å²) in [6.07, 6.45) is 0.374. The largest absolute Gasteiger partial charge is 0.485 e. The number of nitrogens with zero attached hydrogens (tertiary/aromatic N) is 1. The fraction of sp³-hybridized carbons (Fsp3) is 0.133. The molecule has 1 N–H and O–H groups in total. The highest BCUT2D eigenvalue weighted by Crippen LogP contribution is 2.40. The summed E-state index contributed by atoms with van der Waals surface area (Å²) in [4.78, 5) is 0.339. The molecule has 0 radical (unpaired) electrons. The van der Waals surface area contributed by atoms with E-state index >= 15 is 0 Å². The van der Waals surface area contributed by atoms with Crippen LogP contribution in [-0.2, 0) is 39.6 Å². The van der Waals surface area contributed by atoms with Crippen LogP contribution >= 0.6 is 0 Å². The number of benzene rings is 4. The van der Waals surface area contributed by atoms with E-state index in [1.54, 1.807) is 60.7 Å². The first-order valence-electron chi connectivity index (χ1n) is 12.7. The minimum absolute atomic E-state index is 0.0899. The number of anilines is 1. The number of sulfonamides is 2. The highest BCUT2D eigenvalue weighted by Gasteiger charge is 2.32. The molecule has 6 rings (SSSR count). The van der Waals surface area contributed by atoms with Crippen LogP contribution in [0.2, 0.25) is 0 Å². The van der Waals surface area contributed by atoms with Crippen LogP contribution in [0.15, 0.2) is 117 Å². The van der Waals surface area contributed by atoms with Gasteiger partial charge < -0.3 is 9.15 Å². The second-order valence-corrected chi connectivity index (χ2v) is 13.1. The zero-order valence-corrected chi connectivity index (χ0v) is 23.0. The van der Waals surface area contributed by atoms with E-state index in [1.807, 2.05) is 30.3 Å². The number of nitrogens with one attached hydrogen (secondary N) is 1. The Hall–Kier alpha value is -4.12. The maximum atomic E-state index is 13.4. The number of furan rings is 1. The Kier molecular flexibility index (Phi) is 6.83. The smallest absolute Gasteiger partial charge is 0.261 e. The molecule has 204 valence electrons. The Balaban J connectivity index is 1.41. The van der Waals surface area contributed by atoms with E-state index in [-0.39, 0.29) is 35.2 Å². The fourth-order valence-electron chi connectivity index (χ4n) is 4.79. The highest BCUT2D eigenvalue weighted by molar-refractivity contribution is 7.92. The van der Waals surface area contributed by atoms with Crippen molar-refractivity contribution in [3.05, 3.63) is 120 Å². The Bertz CT molecular complexity index is 1870. The summed E-state index contributed by atoms with van der Waals surface area (Å²) < 4.78 is 69.4. The van der Waals surface area contributed by atoms with Crippen LogP contribution in [0.3, 0.4) is 0 Å². The van der Waals surface area contributed by atoms with Gasteiger partial charge in [-0.2, -0.15) is 4.31 Å². The third-order valence-corrected chi connectivity index (χ3v) is 10.0. The maximum absolute atomic E-state index is 13.4. The molecule has 0 spiro atoms. The van der Waals surface area contributed by atoms with Gasteiger partial charge in [-0.3, -0.25) is 4.72 Å². The minimum Gasteiger partial charge on any atom is -0.485 e. The quantitative estimate of drug-likeness (QED) is 0.260. The van der Waals surface area contributed by atoms with Gasteiger partial charge in [-0.25, -0.2) is 16.8 Å². The standard InChI is InChI=1S/C30H26N2O6S2/c33-39(34,24-12-6-2-7-13-24)31-23-18-26-27-20-32(40(35,36)25-14-8-3-9-15-25)17-16-28(27)38-30(26)29(19-23)37-21-22-10-4-1-5-11-22/h1-15,18-19,31H,16-17,20-21H2. The van der Waals surface area contributed by atoms with Crippen LogP contribution in [0.5, 0.6) is 5.75 Å². The molecule has 40 heavy (non-hydrogen) atoms. The summed E-state index contributed by atoms with van der Waals surface area (Å²) in [7, 11) is -7.62. The average molecular weight is 575 g/mol. The first-order chi connectivity index (χ1) is 19.3. The highest BCUT2D eigenvalue weighted by atomic mass is 32.2. The lowest BCUT2D eigenvalue weighted by Gasteiger charge is -2.25. The average Bonchev–Trinajstić information content (AvgIpc) is 3.35. The van der Waals surface area contributed by atoms with Crippen LogP contribution in [-0.4, -0.2) is 27.7 Å². The van der Waals surface area contributed by atoms with Gasteiger partial charge in [0, 0.05) is 36.5 Å². The molecule has 8 nitrogen and oxygen atoms in total. The summed E-state index contributed by atoms with van der Waals surface area (Å²) >= 11 is 0. The van der Waals surface area contributed by atoms with Crippen LogP contribution in [0.4, 0.5) is 5.69 Å². The van der Waals surface area contributed by atoms with E-state index in [9.17, 15) is 16.8 Å².